The van der Waals surface area contributed by atoms with Crippen LogP contribution in [0.15, 0.2) is 0 Å². The summed E-state index contributed by atoms with van der Waals surface area (Å²) in [6, 6.07) is 0.220. The van der Waals surface area contributed by atoms with Gasteiger partial charge in [0.05, 0.1) is 0 Å². The van der Waals surface area contributed by atoms with Crippen LogP contribution in [0.4, 0.5) is 4.79 Å². The molecule has 1 fully saturated rings. The monoisotopic (exact) mass is 358 g/mol. The van der Waals surface area contributed by atoms with Crippen molar-refractivity contribution >= 4 is 14.4 Å². The summed E-state index contributed by atoms with van der Waals surface area (Å²) in [6.45, 7) is 20.9. The number of nitrogens with zero attached hydrogens (tertiary/aromatic N) is 1. The number of ether oxygens (including phenoxy) is 1. The van der Waals surface area contributed by atoms with E-state index in [1.165, 1.54) is 0 Å². The highest BCUT2D eigenvalue weighted by atomic mass is 28.4. The van der Waals surface area contributed by atoms with E-state index in [1.54, 1.807) is 0 Å². The molecule has 1 saturated heterocycles. The third-order valence-corrected chi connectivity index (χ3v) is 9.52. The van der Waals surface area contributed by atoms with E-state index in [9.17, 15) is 4.79 Å². The number of carbonyl (C=O) groups excluding carboxylic acids is 1. The van der Waals surface area contributed by atoms with Crippen molar-refractivity contribution < 1.29 is 14.0 Å². The van der Waals surface area contributed by atoms with Crippen molar-refractivity contribution in [2.75, 3.05) is 26.2 Å². The molecule has 0 aromatic carbocycles. The van der Waals surface area contributed by atoms with Crippen molar-refractivity contribution in [3.05, 3.63) is 0 Å². The molecule has 0 aliphatic carbocycles. The van der Waals surface area contributed by atoms with Crippen LogP contribution in [-0.4, -0.2) is 57.2 Å². The highest BCUT2D eigenvalue weighted by molar-refractivity contribution is 6.74. The van der Waals surface area contributed by atoms with Crippen LogP contribution in [0, 0.1) is 0 Å². The van der Waals surface area contributed by atoms with Crippen LogP contribution in [0.25, 0.3) is 0 Å². The smallest absolute Gasteiger partial charge is 0.407 e. The molecule has 5 nitrogen and oxygen atoms in total. The fraction of sp³-hybridized carbons (Fsp3) is 0.944. The normalized spacial score (nSPS) is 18.5. The number of amides is 1. The van der Waals surface area contributed by atoms with E-state index < -0.39 is 13.9 Å². The molecule has 0 bridgehead atoms. The Bertz CT molecular complexity index is 405. The third-order valence-electron chi connectivity index (χ3n) is 4.99. The van der Waals surface area contributed by atoms with E-state index in [2.05, 4.69) is 44.1 Å². The molecule has 0 atom stereocenters. The zero-order valence-corrected chi connectivity index (χ0v) is 18.0. The van der Waals surface area contributed by atoms with Crippen molar-refractivity contribution in [1.82, 2.24) is 10.2 Å². The SMILES string of the molecule is CC(C)(C)OC(=O)NC1CCN(CCO[Si](C)(C)C(C)(C)C)CC1. The molecular weight excluding hydrogens is 320 g/mol. The van der Waals surface area contributed by atoms with Crippen LogP contribution in [0.5, 0.6) is 0 Å². The number of nitrogens with one attached hydrogen (secondary N) is 1. The van der Waals surface area contributed by atoms with Crippen LogP contribution < -0.4 is 5.32 Å². The Labute approximate surface area is 149 Å². The number of piperidine rings is 1. The second-order valence-corrected chi connectivity index (χ2v) is 14.2. The topological polar surface area (TPSA) is 50.8 Å². The molecule has 1 heterocycles. The van der Waals surface area contributed by atoms with Crippen LogP contribution >= 0.6 is 0 Å². The van der Waals surface area contributed by atoms with Crippen molar-refractivity contribution in [2.45, 2.75) is 84.2 Å². The number of likely N-dealkylation sites (tertiary alicyclic amines) is 1. The Kier molecular flexibility index (Phi) is 7.32. The van der Waals surface area contributed by atoms with Crippen LogP contribution in [0.3, 0.4) is 0 Å². The van der Waals surface area contributed by atoms with E-state index in [-0.39, 0.29) is 17.2 Å². The molecule has 142 valence electrons. The number of alkyl carbamates (subject to hydrolysis) is 1. The molecular formula is C18H38N2O3Si. The largest absolute Gasteiger partial charge is 0.444 e. The summed E-state index contributed by atoms with van der Waals surface area (Å²) in [5.41, 5.74) is -0.439. The molecule has 0 aromatic heterocycles. The Morgan fingerprint density at radius 2 is 1.67 bits per heavy atom. The maximum absolute atomic E-state index is 11.8. The first-order valence-corrected chi connectivity index (χ1v) is 12.1. The number of carbonyl (C=O) groups is 1. The van der Waals surface area contributed by atoms with Crippen LogP contribution in [-0.2, 0) is 9.16 Å². The van der Waals surface area contributed by atoms with E-state index in [1.807, 2.05) is 20.8 Å². The highest BCUT2D eigenvalue weighted by Gasteiger charge is 2.37. The molecule has 0 spiro atoms. The first-order valence-electron chi connectivity index (χ1n) is 9.16. The van der Waals surface area contributed by atoms with Gasteiger partial charge in [0.25, 0.3) is 0 Å². The number of rotatable bonds is 5. The Balaban J connectivity index is 2.26. The standard InChI is InChI=1S/C18H38N2O3Si/c1-17(2,3)23-16(21)19-15-9-11-20(12-10-15)13-14-22-24(7,8)18(4,5)6/h15H,9-14H2,1-8H3,(H,19,21). The van der Waals surface area contributed by atoms with Gasteiger partial charge in [-0.1, -0.05) is 20.8 Å². The first-order chi connectivity index (χ1) is 10.8. The summed E-state index contributed by atoms with van der Waals surface area (Å²) < 4.78 is 11.6. The molecule has 0 saturated carbocycles. The maximum atomic E-state index is 11.8. The quantitative estimate of drug-likeness (QED) is 0.755. The van der Waals surface area contributed by atoms with Gasteiger partial charge in [-0.25, -0.2) is 4.79 Å². The predicted molar refractivity (Wildman–Crippen MR) is 102 cm³/mol. The summed E-state index contributed by atoms with van der Waals surface area (Å²) in [5, 5.41) is 3.25. The first kappa shape index (κ1) is 21.4. The molecule has 1 N–H and O–H groups in total. The lowest BCUT2D eigenvalue weighted by molar-refractivity contribution is 0.0475. The molecule has 6 heteroatoms. The van der Waals surface area contributed by atoms with Gasteiger partial charge in [-0.3, -0.25) is 0 Å². The zero-order valence-electron chi connectivity index (χ0n) is 17.0. The second kappa shape index (κ2) is 8.19. The van der Waals surface area contributed by atoms with Gasteiger partial charge in [0.1, 0.15) is 5.60 Å². The van der Waals surface area contributed by atoms with E-state index in [0.29, 0.717) is 0 Å². The van der Waals surface area contributed by atoms with E-state index in [0.717, 1.165) is 39.1 Å². The summed E-state index contributed by atoms with van der Waals surface area (Å²) in [4.78, 5) is 14.3. The van der Waals surface area contributed by atoms with Gasteiger partial charge >= 0.3 is 6.09 Å². The molecule has 1 aliphatic heterocycles. The van der Waals surface area contributed by atoms with Crippen molar-refractivity contribution in [3.63, 3.8) is 0 Å². The minimum absolute atomic E-state index is 0.220. The minimum Gasteiger partial charge on any atom is -0.444 e. The summed E-state index contributed by atoms with van der Waals surface area (Å²) in [7, 11) is -1.65. The summed E-state index contributed by atoms with van der Waals surface area (Å²) >= 11 is 0. The Morgan fingerprint density at radius 3 is 2.12 bits per heavy atom. The lowest BCUT2D eigenvalue weighted by atomic mass is 10.1. The van der Waals surface area contributed by atoms with Gasteiger partial charge in [0.15, 0.2) is 8.32 Å². The molecule has 1 aliphatic rings. The molecule has 1 rings (SSSR count). The van der Waals surface area contributed by atoms with Gasteiger partial charge in [-0.2, -0.15) is 0 Å². The molecule has 1 amide bonds. The molecule has 24 heavy (non-hydrogen) atoms. The van der Waals surface area contributed by atoms with Gasteiger partial charge in [0.2, 0.25) is 0 Å². The molecule has 0 radical (unpaired) electrons. The lowest BCUT2D eigenvalue weighted by Crippen LogP contribution is -2.47. The van der Waals surface area contributed by atoms with Crippen molar-refractivity contribution in [1.29, 1.82) is 0 Å². The number of hydrogen-bond acceptors (Lipinski definition) is 4. The lowest BCUT2D eigenvalue weighted by Gasteiger charge is -2.37. The summed E-state index contributed by atoms with van der Waals surface area (Å²) in [6.07, 6.45) is 1.64. The van der Waals surface area contributed by atoms with Crippen LogP contribution in [0.1, 0.15) is 54.4 Å². The maximum Gasteiger partial charge on any atom is 0.407 e. The number of hydrogen-bond donors (Lipinski definition) is 1. The Morgan fingerprint density at radius 1 is 1.12 bits per heavy atom. The average Bonchev–Trinajstić information content (AvgIpc) is 2.37. The van der Waals surface area contributed by atoms with Gasteiger partial charge in [-0.05, 0) is 51.7 Å². The Hall–Kier alpha value is -0.593. The van der Waals surface area contributed by atoms with E-state index in [4.69, 9.17) is 9.16 Å². The van der Waals surface area contributed by atoms with E-state index >= 15 is 0 Å². The minimum atomic E-state index is -1.65. The van der Waals surface area contributed by atoms with Gasteiger partial charge in [0, 0.05) is 32.3 Å². The molecule has 0 unspecified atom stereocenters. The second-order valence-electron chi connectivity index (χ2n) is 9.37. The predicted octanol–water partition coefficient (Wildman–Crippen LogP) is 4.00. The van der Waals surface area contributed by atoms with Crippen LogP contribution in [0.2, 0.25) is 18.1 Å². The highest BCUT2D eigenvalue weighted by Crippen LogP contribution is 2.36. The zero-order chi connectivity index (χ0) is 18.6. The average molecular weight is 359 g/mol. The summed E-state index contributed by atoms with van der Waals surface area (Å²) in [5.74, 6) is 0. The van der Waals surface area contributed by atoms with Crippen molar-refractivity contribution in [2.24, 2.45) is 0 Å². The fourth-order valence-electron chi connectivity index (χ4n) is 2.42. The van der Waals surface area contributed by atoms with Crippen molar-refractivity contribution in [3.8, 4) is 0 Å². The molecule has 0 aromatic rings. The van der Waals surface area contributed by atoms with Gasteiger partial charge in [-0.15, -0.1) is 0 Å². The fourth-order valence-corrected chi connectivity index (χ4v) is 3.46. The van der Waals surface area contributed by atoms with Gasteiger partial charge < -0.3 is 19.4 Å². The third kappa shape index (κ3) is 7.53.